The number of carboxylic acid groups (broad SMARTS) is 1. The summed E-state index contributed by atoms with van der Waals surface area (Å²) in [6.45, 7) is 3.93. The maximum absolute atomic E-state index is 11.4. The molecule has 0 spiro atoms. The topological polar surface area (TPSA) is 46.5 Å². The van der Waals surface area contributed by atoms with E-state index in [-0.39, 0.29) is 0 Å². The van der Waals surface area contributed by atoms with E-state index in [0.717, 1.165) is 20.3 Å². The summed E-state index contributed by atoms with van der Waals surface area (Å²) in [6, 6.07) is 13.5. The fraction of sp³-hybridized carbons (Fsp3) is 0.235. The number of carbonyl (C=O) groups is 1. The quantitative estimate of drug-likeness (QED) is 0.778. The van der Waals surface area contributed by atoms with Gasteiger partial charge in [0.15, 0.2) is 6.10 Å². The zero-order valence-corrected chi connectivity index (χ0v) is 14.1. The lowest BCUT2D eigenvalue weighted by Gasteiger charge is -2.16. The number of hydrogen-bond donors (Lipinski definition) is 1. The second-order valence-corrected chi connectivity index (χ2v) is 6.34. The van der Waals surface area contributed by atoms with Crippen LogP contribution in [0.1, 0.15) is 16.7 Å². The van der Waals surface area contributed by atoms with Crippen LogP contribution in [0.5, 0.6) is 5.75 Å². The molecule has 2 aromatic carbocycles. The standard InChI is InChI=1S/C17H17IO3/c1-11-7-12(2)9-15(8-11)21-16(17(19)20)10-13-3-5-14(18)6-4-13/h3-9,16H,10H2,1-2H3,(H,19,20)/t16-/m1/s1. The summed E-state index contributed by atoms with van der Waals surface area (Å²) in [5, 5.41) is 9.36. The van der Waals surface area contributed by atoms with E-state index in [1.807, 2.05) is 56.3 Å². The highest BCUT2D eigenvalue weighted by atomic mass is 127. The fourth-order valence-corrected chi connectivity index (χ4v) is 2.54. The highest BCUT2D eigenvalue weighted by Crippen LogP contribution is 2.19. The van der Waals surface area contributed by atoms with E-state index in [9.17, 15) is 9.90 Å². The van der Waals surface area contributed by atoms with Crippen molar-refractivity contribution in [3.8, 4) is 5.75 Å². The van der Waals surface area contributed by atoms with Crippen LogP contribution in [-0.4, -0.2) is 17.2 Å². The number of halogens is 1. The van der Waals surface area contributed by atoms with Crippen molar-refractivity contribution < 1.29 is 14.6 Å². The van der Waals surface area contributed by atoms with Gasteiger partial charge in [-0.1, -0.05) is 18.2 Å². The number of rotatable bonds is 5. The van der Waals surface area contributed by atoms with Crippen molar-refractivity contribution in [2.45, 2.75) is 26.4 Å². The zero-order chi connectivity index (χ0) is 15.4. The van der Waals surface area contributed by atoms with Gasteiger partial charge in [0.1, 0.15) is 5.75 Å². The highest BCUT2D eigenvalue weighted by Gasteiger charge is 2.20. The van der Waals surface area contributed by atoms with E-state index in [0.29, 0.717) is 12.2 Å². The molecule has 0 bridgehead atoms. The number of benzene rings is 2. The summed E-state index contributed by atoms with van der Waals surface area (Å²) < 4.78 is 6.79. The molecule has 0 aliphatic heterocycles. The van der Waals surface area contributed by atoms with Crippen molar-refractivity contribution in [3.05, 3.63) is 62.7 Å². The lowest BCUT2D eigenvalue weighted by Crippen LogP contribution is -2.29. The second kappa shape index (κ2) is 6.93. The van der Waals surface area contributed by atoms with Gasteiger partial charge in [-0.25, -0.2) is 4.79 Å². The van der Waals surface area contributed by atoms with Crippen LogP contribution in [0.2, 0.25) is 0 Å². The first-order valence-electron chi connectivity index (χ1n) is 6.66. The Morgan fingerprint density at radius 1 is 1.14 bits per heavy atom. The summed E-state index contributed by atoms with van der Waals surface area (Å²) in [6.07, 6.45) is -0.537. The van der Waals surface area contributed by atoms with Gasteiger partial charge in [0, 0.05) is 9.99 Å². The maximum Gasteiger partial charge on any atom is 0.345 e. The first-order chi connectivity index (χ1) is 9.94. The van der Waals surface area contributed by atoms with Crippen LogP contribution in [0, 0.1) is 17.4 Å². The Hall–Kier alpha value is -1.56. The lowest BCUT2D eigenvalue weighted by molar-refractivity contribution is -0.145. The van der Waals surface area contributed by atoms with Gasteiger partial charge in [0.25, 0.3) is 0 Å². The predicted molar refractivity (Wildman–Crippen MR) is 90.8 cm³/mol. The highest BCUT2D eigenvalue weighted by molar-refractivity contribution is 14.1. The molecule has 0 aromatic heterocycles. The predicted octanol–water partition coefficient (Wildman–Crippen LogP) is 3.98. The molecule has 0 fully saturated rings. The Labute approximate surface area is 138 Å². The molecule has 21 heavy (non-hydrogen) atoms. The molecule has 0 heterocycles. The van der Waals surface area contributed by atoms with Gasteiger partial charge in [-0.15, -0.1) is 0 Å². The summed E-state index contributed by atoms with van der Waals surface area (Å²) in [5.74, 6) is -0.349. The number of carboxylic acids is 1. The van der Waals surface area contributed by atoms with Crippen molar-refractivity contribution in [2.24, 2.45) is 0 Å². The molecule has 4 heteroatoms. The van der Waals surface area contributed by atoms with E-state index in [4.69, 9.17) is 4.74 Å². The summed E-state index contributed by atoms with van der Waals surface area (Å²) >= 11 is 2.22. The molecule has 0 saturated heterocycles. The molecule has 1 N–H and O–H groups in total. The molecular weight excluding hydrogens is 379 g/mol. The number of hydrogen-bond acceptors (Lipinski definition) is 2. The third kappa shape index (κ3) is 4.74. The van der Waals surface area contributed by atoms with Gasteiger partial charge in [-0.05, 0) is 77.4 Å². The third-order valence-electron chi connectivity index (χ3n) is 3.08. The Bertz CT molecular complexity index is 615. The van der Waals surface area contributed by atoms with Crippen molar-refractivity contribution in [2.75, 3.05) is 0 Å². The molecule has 0 aliphatic rings. The molecular formula is C17H17IO3. The van der Waals surface area contributed by atoms with Crippen LogP contribution in [0.3, 0.4) is 0 Å². The Balaban J connectivity index is 2.15. The van der Waals surface area contributed by atoms with Crippen LogP contribution in [0.25, 0.3) is 0 Å². The van der Waals surface area contributed by atoms with E-state index < -0.39 is 12.1 Å². The number of ether oxygens (including phenoxy) is 1. The van der Waals surface area contributed by atoms with Gasteiger partial charge >= 0.3 is 5.97 Å². The molecule has 110 valence electrons. The van der Waals surface area contributed by atoms with E-state index in [2.05, 4.69) is 22.6 Å². The van der Waals surface area contributed by atoms with Crippen molar-refractivity contribution >= 4 is 28.6 Å². The molecule has 2 aromatic rings. The van der Waals surface area contributed by atoms with Crippen LogP contribution < -0.4 is 4.74 Å². The molecule has 0 aliphatic carbocycles. The molecule has 1 atom stereocenters. The summed E-state index contributed by atoms with van der Waals surface area (Å²) in [4.78, 5) is 11.4. The Morgan fingerprint density at radius 3 is 2.24 bits per heavy atom. The van der Waals surface area contributed by atoms with Gasteiger partial charge in [-0.3, -0.25) is 0 Å². The normalized spacial score (nSPS) is 12.0. The van der Waals surface area contributed by atoms with Gasteiger partial charge in [-0.2, -0.15) is 0 Å². The molecule has 2 rings (SSSR count). The van der Waals surface area contributed by atoms with Crippen LogP contribution >= 0.6 is 22.6 Å². The SMILES string of the molecule is Cc1cc(C)cc(O[C@H](Cc2ccc(I)cc2)C(=O)O)c1. The molecule has 0 saturated carbocycles. The van der Waals surface area contributed by atoms with Gasteiger partial charge in [0.05, 0.1) is 0 Å². The molecule has 0 radical (unpaired) electrons. The minimum absolute atomic E-state index is 0.346. The van der Waals surface area contributed by atoms with Crippen molar-refractivity contribution in [1.29, 1.82) is 0 Å². The minimum Gasteiger partial charge on any atom is -0.478 e. The minimum atomic E-state index is -0.951. The Morgan fingerprint density at radius 2 is 1.71 bits per heavy atom. The average Bonchev–Trinajstić information content (AvgIpc) is 2.39. The monoisotopic (exact) mass is 396 g/mol. The largest absolute Gasteiger partial charge is 0.478 e. The zero-order valence-electron chi connectivity index (χ0n) is 12.0. The van der Waals surface area contributed by atoms with Crippen molar-refractivity contribution in [3.63, 3.8) is 0 Å². The van der Waals surface area contributed by atoms with Crippen LogP contribution in [0.4, 0.5) is 0 Å². The average molecular weight is 396 g/mol. The Kier molecular flexibility index (Phi) is 5.22. The van der Waals surface area contributed by atoms with Crippen LogP contribution in [-0.2, 0) is 11.2 Å². The molecule has 0 amide bonds. The van der Waals surface area contributed by atoms with Crippen molar-refractivity contribution in [1.82, 2.24) is 0 Å². The van der Waals surface area contributed by atoms with E-state index in [1.165, 1.54) is 0 Å². The molecule has 3 nitrogen and oxygen atoms in total. The maximum atomic E-state index is 11.4. The van der Waals surface area contributed by atoms with E-state index >= 15 is 0 Å². The summed E-state index contributed by atoms with van der Waals surface area (Å²) in [5.41, 5.74) is 3.07. The second-order valence-electron chi connectivity index (χ2n) is 5.10. The number of aliphatic carboxylic acids is 1. The van der Waals surface area contributed by atoms with Gasteiger partial charge < -0.3 is 9.84 Å². The number of aryl methyl sites for hydroxylation is 2. The third-order valence-corrected chi connectivity index (χ3v) is 3.80. The fourth-order valence-electron chi connectivity index (χ4n) is 2.18. The van der Waals surface area contributed by atoms with Gasteiger partial charge in [0.2, 0.25) is 0 Å². The van der Waals surface area contributed by atoms with Crippen LogP contribution in [0.15, 0.2) is 42.5 Å². The first-order valence-corrected chi connectivity index (χ1v) is 7.74. The summed E-state index contributed by atoms with van der Waals surface area (Å²) in [7, 11) is 0. The first kappa shape index (κ1) is 15.8. The lowest BCUT2D eigenvalue weighted by atomic mass is 10.1. The molecule has 0 unspecified atom stereocenters. The van der Waals surface area contributed by atoms with E-state index in [1.54, 1.807) is 0 Å². The smallest absolute Gasteiger partial charge is 0.345 e.